The Balaban J connectivity index is 2.62. The van der Waals surface area contributed by atoms with Gasteiger partial charge >= 0.3 is 0 Å². The van der Waals surface area contributed by atoms with Crippen molar-refractivity contribution in [3.8, 4) is 5.75 Å². The summed E-state index contributed by atoms with van der Waals surface area (Å²) in [6.45, 7) is 3.17. The molecule has 0 saturated heterocycles. The van der Waals surface area contributed by atoms with Crippen molar-refractivity contribution in [1.29, 1.82) is 0 Å². The van der Waals surface area contributed by atoms with Crippen LogP contribution in [-0.2, 0) is 11.3 Å². The average molecular weight is 241 g/mol. The van der Waals surface area contributed by atoms with E-state index in [0.29, 0.717) is 18.7 Å². The van der Waals surface area contributed by atoms with Crippen LogP contribution < -0.4 is 10.1 Å². The van der Waals surface area contributed by atoms with Crippen molar-refractivity contribution < 1.29 is 13.9 Å². The number of methoxy groups -OCH3 is 2. The van der Waals surface area contributed by atoms with Gasteiger partial charge in [-0.25, -0.2) is 4.39 Å². The molecule has 0 aliphatic heterocycles. The quantitative estimate of drug-likeness (QED) is 0.795. The van der Waals surface area contributed by atoms with Crippen molar-refractivity contribution in [1.82, 2.24) is 5.32 Å². The summed E-state index contributed by atoms with van der Waals surface area (Å²) in [5.41, 5.74) is 0.610. The molecule has 0 saturated carbocycles. The Morgan fingerprint density at radius 3 is 2.71 bits per heavy atom. The fraction of sp³-hybridized carbons (Fsp3) is 0.538. The second-order valence-corrected chi connectivity index (χ2v) is 3.87. The Morgan fingerprint density at radius 1 is 1.35 bits per heavy atom. The van der Waals surface area contributed by atoms with Gasteiger partial charge in [0.15, 0.2) is 11.6 Å². The van der Waals surface area contributed by atoms with Crippen LogP contribution in [0.1, 0.15) is 18.9 Å². The van der Waals surface area contributed by atoms with E-state index in [4.69, 9.17) is 9.47 Å². The summed E-state index contributed by atoms with van der Waals surface area (Å²) in [6.07, 6.45) is 0.944. The summed E-state index contributed by atoms with van der Waals surface area (Å²) in [6, 6.07) is 5.40. The molecule has 1 aromatic carbocycles. The molecule has 0 radical (unpaired) electrons. The maximum atomic E-state index is 13.8. The zero-order chi connectivity index (χ0) is 12.7. The average Bonchev–Trinajstić information content (AvgIpc) is 2.36. The van der Waals surface area contributed by atoms with Gasteiger partial charge in [-0.1, -0.05) is 19.1 Å². The zero-order valence-electron chi connectivity index (χ0n) is 10.6. The van der Waals surface area contributed by atoms with Crippen LogP contribution in [0.3, 0.4) is 0 Å². The summed E-state index contributed by atoms with van der Waals surface area (Å²) < 4.78 is 23.8. The van der Waals surface area contributed by atoms with Gasteiger partial charge in [0.25, 0.3) is 0 Å². The van der Waals surface area contributed by atoms with Crippen molar-refractivity contribution in [3.05, 3.63) is 29.6 Å². The molecule has 1 atom stereocenters. The molecular formula is C13H20FNO2. The van der Waals surface area contributed by atoms with Gasteiger partial charge in [0, 0.05) is 25.3 Å². The van der Waals surface area contributed by atoms with E-state index in [1.165, 1.54) is 7.11 Å². The maximum absolute atomic E-state index is 13.8. The van der Waals surface area contributed by atoms with Crippen LogP contribution in [0.4, 0.5) is 4.39 Å². The van der Waals surface area contributed by atoms with Crippen molar-refractivity contribution in [2.75, 3.05) is 20.8 Å². The fourth-order valence-corrected chi connectivity index (χ4v) is 1.63. The van der Waals surface area contributed by atoms with Crippen LogP contribution in [0.5, 0.6) is 5.75 Å². The van der Waals surface area contributed by atoms with Crippen LogP contribution >= 0.6 is 0 Å². The highest BCUT2D eigenvalue weighted by molar-refractivity contribution is 5.30. The minimum Gasteiger partial charge on any atom is -0.494 e. The first kappa shape index (κ1) is 13.9. The van der Waals surface area contributed by atoms with Crippen molar-refractivity contribution in [2.45, 2.75) is 25.9 Å². The third kappa shape index (κ3) is 3.98. The highest BCUT2D eigenvalue weighted by Gasteiger charge is 2.10. The molecule has 0 heterocycles. The predicted molar refractivity (Wildman–Crippen MR) is 65.7 cm³/mol. The van der Waals surface area contributed by atoms with Gasteiger partial charge < -0.3 is 14.8 Å². The van der Waals surface area contributed by atoms with Gasteiger partial charge in [0.2, 0.25) is 0 Å². The summed E-state index contributed by atoms with van der Waals surface area (Å²) in [5.74, 6) is -0.0149. The molecule has 0 spiro atoms. The predicted octanol–water partition coefficient (Wildman–Crippen LogP) is 2.35. The molecule has 0 bridgehead atoms. The summed E-state index contributed by atoms with van der Waals surface area (Å²) in [7, 11) is 3.13. The number of ether oxygens (including phenoxy) is 2. The third-order valence-corrected chi connectivity index (χ3v) is 2.71. The van der Waals surface area contributed by atoms with Gasteiger partial charge in [-0.05, 0) is 12.5 Å². The molecule has 1 N–H and O–H groups in total. The Bertz CT molecular complexity index is 344. The lowest BCUT2D eigenvalue weighted by atomic mass is 10.1. The van der Waals surface area contributed by atoms with Crippen molar-refractivity contribution >= 4 is 0 Å². The first-order valence-corrected chi connectivity index (χ1v) is 5.76. The van der Waals surface area contributed by atoms with Crippen LogP contribution in [0.25, 0.3) is 0 Å². The number of nitrogens with one attached hydrogen (secondary N) is 1. The molecule has 0 aromatic heterocycles. The first-order valence-electron chi connectivity index (χ1n) is 5.76. The van der Waals surface area contributed by atoms with Gasteiger partial charge in [-0.3, -0.25) is 0 Å². The molecule has 1 unspecified atom stereocenters. The lowest BCUT2D eigenvalue weighted by Crippen LogP contribution is -2.32. The second-order valence-electron chi connectivity index (χ2n) is 3.87. The summed E-state index contributed by atoms with van der Waals surface area (Å²) >= 11 is 0. The molecule has 17 heavy (non-hydrogen) atoms. The first-order chi connectivity index (χ1) is 8.22. The molecule has 0 amide bonds. The molecule has 1 rings (SSSR count). The Labute approximate surface area is 102 Å². The van der Waals surface area contributed by atoms with E-state index in [0.717, 1.165) is 6.42 Å². The van der Waals surface area contributed by atoms with Crippen LogP contribution in [0.2, 0.25) is 0 Å². The number of benzene rings is 1. The van der Waals surface area contributed by atoms with Crippen molar-refractivity contribution in [3.63, 3.8) is 0 Å². The SMILES string of the molecule is CCC(COC)NCc1cccc(OC)c1F. The minimum absolute atomic E-state index is 0.241. The zero-order valence-corrected chi connectivity index (χ0v) is 10.6. The molecule has 4 heteroatoms. The smallest absolute Gasteiger partial charge is 0.169 e. The Hall–Kier alpha value is -1.13. The van der Waals surface area contributed by atoms with Gasteiger partial charge in [-0.2, -0.15) is 0 Å². The van der Waals surface area contributed by atoms with E-state index in [2.05, 4.69) is 12.2 Å². The van der Waals surface area contributed by atoms with Gasteiger partial charge in [-0.15, -0.1) is 0 Å². The number of halogens is 1. The molecule has 0 aliphatic rings. The standard InChI is InChI=1S/C13H20FNO2/c1-4-11(9-16-2)15-8-10-6-5-7-12(17-3)13(10)14/h5-7,11,15H,4,8-9H2,1-3H3. The molecular weight excluding hydrogens is 221 g/mol. The molecule has 96 valence electrons. The Morgan fingerprint density at radius 2 is 2.12 bits per heavy atom. The Kier molecular flexibility index (Phi) is 5.94. The molecule has 0 fully saturated rings. The molecule has 0 aliphatic carbocycles. The lowest BCUT2D eigenvalue weighted by Gasteiger charge is -2.16. The summed E-state index contributed by atoms with van der Waals surface area (Å²) in [5, 5.41) is 3.26. The topological polar surface area (TPSA) is 30.5 Å². The number of hydrogen-bond donors (Lipinski definition) is 1. The van der Waals surface area contributed by atoms with E-state index in [-0.39, 0.29) is 17.6 Å². The van der Waals surface area contributed by atoms with Gasteiger partial charge in [0.05, 0.1) is 13.7 Å². The minimum atomic E-state index is -0.297. The van der Waals surface area contributed by atoms with Gasteiger partial charge in [0.1, 0.15) is 0 Å². The van der Waals surface area contributed by atoms with Crippen molar-refractivity contribution in [2.24, 2.45) is 0 Å². The normalized spacial score (nSPS) is 12.5. The molecule has 3 nitrogen and oxygen atoms in total. The van der Waals surface area contributed by atoms with Crippen LogP contribution in [0, 0.1) is 5.82 Å². The monoisotopic (exact) mass is 241 g/mol. The van der Waals surface area contributed by atoms with E-state index in [9.17, 15) is 4.39 Å². The number of hydrogen-bond acceptors (Lipinski definition) is 3. The fourth-order valence-electron chi connectivity index (χ4n) is 1.63. The highest BCUT2D eigenvalue weighted by atomic mass is 19.1. The third-order valence-electron chi connectivity index (χ3n) is 2.71. The number of rotatable bonds is 7. The second kappa shape index (κ2) is 7.25. The highest BCUT2D eigenvalue weighted by Crippen LogP contribution is 2.19. The largest absolute Gasteiger partial charge is 0.494 e. The maximum Gasteiger partial charge on any atom is 0.169 e. The van der Waals surface area contributed by atoms with E-state index >= 15 is 0 Å². The summed E-state index contributed by atoms with van der Waals surface area (Å²) in [4.78, 5) is 0. The lowest BCUT2D eigenvalue weighted by molar-refractivity contribution is 0.163. The van der Waals surface area contributed by atoms with Crippen LogP contribution in [-0.4, -0.2) is 26.9 Å². The van der Waals surface area contributed by atoms with E-state index in [1.807, 2.05) is 0 Å². The van der Waals surface area contributed by atoms with E-state index < -0.39 is 0 Å². The van der Waals surface area contributed by atoms with Crippen LogP contribution in [0.15, 0.2) is 18.2 Å². The van der Waals surface area contributed by atoms with E-state index in [1.54, 1.807) is 25.3 Å². The molecule has 1 aromatic rings.